The molecule has 72 valence electrons. The van der Waals surface area contributed by atoms with Crippen molar-refractivity contribution >= 4 is 11.0 Å². The maximum atomic E-state index is 11.8. The second-order valence-electron chi connectivity index (χ2n) is 2.98. The van der Waals surface area contributed by atoms with Gasteiger partial charge in [0.15, 0.2) is 5.75 Å². The van der Waals surface area contributed by atoms with Crippen LogP contribution >= 0.6 is 0 Å². The molecule has 0 fully saturated rings. The Bertz CT molecular complexity index is 530. The Morgan fingerprint density at radius 3 is 2.86 bits per heavy atom. The van der Waals surface area contributed by atoms with Gasteiger partial charge in [0, 0.05) is 22.0 Å². The van der Waals surface area contributed by atoms with Crippen molar-refractivity contribution in [1.82, 2.24) is 0 Å². The summed E-state index contributed by atoms with van der Waals surface area (Å²) in [5.74, 6) is 0.0197. The molecule has 0 saturated heterocycles. The zero-order valence-corrected chi connectivity index (χ0v) is 7.41. The predicted octanol–water partition coefficient (Wildman–Crippen LogP) is 2.36. The molecule has 0 saturated carbocycles. The number of fused-ring (bicyclic) bond motifs is 1. The number of rotatable bonds is 1. The Kier molecular flexibility index (Phi) is 1.96. The van der Waals surface area contributed by atoms with Crippen LogP contribution in [-0.4, -0.2) is 0 Å². The molecule has 0 unspecified atom stereocenters. The maximum absolute atomic E-state index is 11.8. The largest absolute Gasteiger partial charge is 0.423 e. The molecular weight excluding hydrogens is 187 g/mol. The van der Waals surface area contributed by atoms with Crippen LogP contribution in [0.25, 0.3) is 11.0 Å². The normalized spacial score (nSPS) is 10.4. The summed E-state index contributed by atoms with van der Waals surface area (Å²) in [6, 6.07) is 5.83. The molecule has 1 heterocycles. The van der Waals surface area contributed by atoms with Gasteiger partial charge < -0.3 is 4.42 Å². The van der Waals surface area contributed by atoms with Gasteiger partial charge in [0.1, 0.15) is 5.58 Å². The van der Waals surface area contributed by atoms with Gasteiger partial charge in [0.25, 0.3) is 0 Å². The molecule has 0 radical (unpaired) electrons. The van der Waals surface area contributed by atoms with Crippen molar-refractivity contribution in [3.05, 3.63) is 40.2 Å². The first kappa shape index (κ1) is 8.74. The van der Waals surface area contributed by atoms with E-state index in [0.29, 0.717) is 5.58 Å². The summed E-state index contributed by atoms with van der Waals surface area (Å²) in [5, 5.41) is 0.769. The lowest BCUT2D eigenvalue weighted by Gasteiger charge is -2.00. The van der Waals surface area contributed by atoms with Crippen LogP contribution in [0.5, 0.6) is 5.75 Å². The molecule has 0 aliphatic carbocycles. The van der Waals surface area contributed by atoms with Crippen LogP contribution in [0.3, 0.4) is 0 Å². The van der Waals surface area contributed by atoms with Crippen LogP contribution in [0.1, 0.15) is 5.56 Å². The van der Waals surface area contributed by atoms with Crippen LogP contribution in [0, 0.1) is 6.92 Å². The minimum atomic E-state index is -0.453. The van der Waals surface area contributed by atoms with Crippen LogP contribution in [-0.2, 0) is 0 Å². The molecule has 0 amide bonds. The van der Waals surface area contributed by atoms with E-state index in [1.165, 1.54) is 18.2 Å². The summed E-state index contributed by atoms with van der Waals surface area (Å²) < 4.78 is 16.7. The molecule has 0 atom stereocenters. The Balaban J connectivity index is 2.82. The highest BCUT2D eigenvalue weighted by atomic mass is 19.3. The fourth-order valence-electron chi connectivity index (χ4n) is 1.35. The van der Waals surface area contributed by atoms with E-state index in [9.17, 15) is 9.32 Å². The van der Waals surface area contributed by atoms with Gasteiger partial charge in [-0.15, -0.1) is 0 Å². The number of aryl methyl sites for hydroxylation is 1. The highest BCUT2D eigenvalue weighted by Gasteiger charge is 2.03. The van der Waals surface area contributed by atoms with Crippen molar-refractivity contribution in [3.8, 4) is 5.75 Å². The first-order chi connectivity index (χ1) is 6.70. The lowest BCUT2D eigenvalue weighted by Crippen LogP contribution is -1.97. The van der Waals surface area contributed by atoms with Gasteiger partial charge in [-0.25, -0.2) is 4.79 Å². The van der Waals surface area contributed by atoms with Crippen LogP contribution in [0.4, 0.5) is 4.53 Å². The van der Waals surface area contributed by atoms with E-state index in [1.54, 1.807) is 13.0 Å². The molecule has 3 nitrogen and oxygen atoms in total. The Hall–Kier alpha value is -1.84. The first-order valence-corrected chi connectivity index (χ1v) is 4.04. The number of halogens is 1. The minimum absolute atomic E-state index is 0.0197. The molecule has 0 N–H and O–H groups in total. The summed E-state index contributed by atoms with van der Waals surface area (Å²) in [5.41, 5.74) is 0.665. The fraction of sp³-hybridized carbons (Fsp3) is 0.100. The molecule has 0 spiro atoms. The van der Waals surface area contributed by atoms with E-state index in [-0.39, 0.29) is 5.75 Å². The standard InChI is InChI=1S/C10H7FO3/c1-6-4-10(12)13-9-5-7(14-11)2-3-8(6)9/h2-5H,1H3. The molecule has 2 aromatic rings. The third-order valence-corrected chi connectivity index (χ3v) is 2.01. The Morgan fingerprint density at radius 1 is 1.36 bits per heavy atom. The average molecular weight is 194 g/mol. The third kappa shape index (κ3) is 1.35. The second-order valence-corrected chi connectivity index (χ2v) is 2.98. The van der Waals surface area contributed by atoms with Gasteiger partial charge in [0.2, 0.25) is 0 Å². The zero-order chi connectivity index (χ0) is 10.1. The van der Waals surface area contributed by atoms with Crippen LogP contribution in [0.15, 0.2) is 33.5 Å². The lowest BCUT2D eigenvalue weighted by atomic mass is 10.1. The van der Waals surface area contributed by atoms with Crippen molar-refractivity contribution in [2.75, 3.05) is 0 Å². The van der Waals surface area contributed by atoms with E-state index >= 15 is 0 Å². The molecule has 0 bridgehead atoms. The van der Waals surface area contributed by atoms with Gasteiger partial charge >= 0.3 is 5.63 Å². The zero-order valence-electron chi connectivity index (χ0n) is 7.41. The molecule has 0 aliphatic heterocycles. The van der Waals surface area contributed by atoms with Crippen molar-refractivity contribution < 1.29 is 13.9 Å². The van der Waals surface area contributed by atoms with Gasteiger partial charge in [0.05, 0.1) is 0 Å². The minimum Gasteiger partial charge on any atom is -0.423 e. The monoisotopic (exact) mass is 194 g/mol. The highest BCUT2D eigenvalue weighted by molar-refractivity contribution is 5.81. The molecule has 1 aromatic carbocycles. The smallest absolute Gasteiger partial charge is 0.336 e. The average Bonchev–Trinajstić information content (AvgIpc) is 2.16. The van der Waals surface area contributed by atoms with E-state index in [1.807, 2.05) is 0 Å². The molecule has 1 aromatic heterocycles. The van der Waals surface area contributed by atoms with Gasteiger partial charge in [-0.3, -0.25) is 4.94 Å². The maximum Gasteiger partial charge on any atom is 0.336 e. The second kappa shape index (κ2) is 3.14. The molecule has 14 heavy (non-hydrogen) atoms. The van der Waals surface area contributed by atoms with E-state index in [2.05, 4.69) is 4.94 Å². The predicted molar refractivity (Wildman–Crippen MR) is 49.0 cm³/mol. The van der Waals surface area contributed by atoms with Crippen LogP contribution < -0.4 is 10.6 Å². The van der Waals surface area contributed by atoms with Crippen LogP contribution in [0.2, 0.25) is 0 Å². The summed E-state index contributed by atoms with van der Waals surface area (Å²) in [4.78, 5) is 14.5. The lowest BCUT2D eigenvalue weighted by molar-refractivity contribution is -0.00612. The molecular formula is C10H7FO3. The van der Waals surface area contributed by atoms with E-state index in [4.69, 9.17) is 4.42 Å². The number of hydrogen-bond donors (Lipinski definition) is 0. The van der Waals surface area contributed by atoms with Crippen molar-refractivity contribution in [1.29, 1.82) is 0 Å². The fourth-order valence-corrected chi connectivity index (χ4v) is 1.35. The molecule has 4 heteroatoms. The van der Waals surface area contributed by atoms with E-state index < -0.39 is 5.63 Å². The number of hydrogen-bond acceptors (Lipinski definition) is 3. The quantitative estimate of drug-likeness (QED) is 0.654. The van der Waals surface area contributed by atoms with Crippen molar-refractivity contribution in [3.63, 3.8) is 0 Å². The molecule has 2 rings (SSSR count). The molecule has 0 aliphatic rings. The summed E-state index contributed by atoms with van der Waals surface area (Å²) in [6.07, 6.45) is 0. The van der Waals surface area contributed by atoms with Gasteiger partial charge in [-0.05, 0) is 24.6 Å². The summed E-state index contributed by atoms with van der Waals surface area (Å²) in [6.45, 7) is 1.79. The Labute approximate surface area is 78.6 Å². The number of benzene rings is 1. The topological polar surface area (TPSA) is 39.4 Å². The first-order valence-electron chi connectivity index (χ1n) is 4.04. The van der Waals surface area contributed by atoms with Crippen molar-refractivity contribution in [2.24, 2.45) is 0 Å². The van der Waals surface area contributed by atoms with Crippen molar-refractivity contribution in [2.45, 2.75) is 6.92 Å². The summed E-state index contributed by atoms with van der Waals surface area (Å²) in [7, 11) is 0. The van der Waals surface area contributed by atoms with E-state index in [0.717, 1.165) is 10.9 Å². The third-order valence-electron chi connectivity index (χ3n) is 2.01. The SMILES string of the molecule is Cc1cc(=O)oc2cc(OF)ccc12. The van der Waals surface area contributed by atoms with Gasteiger partial charge in [-0.1, -0.05) is 0 Å². The highest BCUT2D eigenvalue weighted by Crippen LogP contribution is 2.22. The summed E-state index contributed by atoms with van der Waals surface area (Å²) >= 11 is 0. The van der Waals surface area contributed by atoms with Gasteiger partial charge in [-0.2, -0.15) is 0 Å². The Morgan fingerprint density at radius 2 is 2.14 bits per heavy atom.